The third-order valence-electron chi connectivity index (χ3n) is 1.11. The Bertz CT molecular complexity index is 162. The molecule has 0 aromatic rings. The van der Waals surface area contributed by atoms with Gasteiger partial charge in [0.1, 0.15) is 6.04 Å². The van der Waals surface area contributed by atoms with Crippen molar-refractivity contribution in [2.75, 3.05) is 0 Å². The summed E-state index contributed by atoms with van der Waals surface area (Å²) in [7, 11) is 0. The number of carbonyl (C=O) groups excluding carboxylic acids is 1. The van der Waals surface area contributed by atoms with Crippen LogP contribution in [0, 0.1) is 0 Å². The van der Waals surface area contributed by atoms with Crippen LogP contribution in [0.2, 0.25) is 0 Å². The Kier molecular flexibility index (Phi) is 4.80. The Morgan fingerprint density at radius 3 is 2.45 bits per heavy atom. The molecule has 0 unspecified atom stereocenters. The maximum atomic E-state index is 10.3. The Labute approximate surface area is 72.3 Å². The number of hydrogen-bond donors (Lipinski definition) is 3. The number of nitrogens with one attached hydrogen (secondary N) is 1. The topological polar surface area (TPSA) is 92.4 Å². The lowest BCUT2D eigenvalue weighted by Gasteiger charge is -2.06. The smallest absolute Gasteiger partial charge is 0.321 e. The summed E-state index contributed by atoms with van der Waals surface area (Å²) < 4.78 is 2.36. The van der Waals surface area contributed by atoms with Crippen molar-refractivity contribution in [1.29, 1.82) is 0 Å². The lowest BCUT2D eigenvalue weighted by atomic mass is 10.2. The Morgan fingerprint density at radius 2 is 2.18 bits per heavy atom. The second-order valence-electron chi connectivity index (χ2n) is 2.00. The van der Waals surface area contributed by atoms with Crippen molar-refractivity contribution in [2.45, 2.75) is 18.9 Å². The number of aliphatic carboxylic acids is 1. The molecule has 0 heterocycles. The van der Waals surface area contributed by atoms with Gasteiger partial charge in [0.15, 0.2) is 0 Å². The fourth-order valence-electron chi connectivity index (χ4n) is 0.511. The largest absolute Gasteiger partial charge is 0.480 e. The molecule has 0 aromatic carbocycles. The normalized spacial score (nSPS) is 12.5. The molecule has 4 N–H and O–H groups in total. The zero-order valence-corrected chi connectivity index (χ0v) is 7.30. The highest BCUT2D eigenvalue weighted by molar-refractivity contribution is 9.08. The Balaban J connectivity index is 3.70. The molecule has 0 aromatic heterocycles. The highest BCUT2D eigenvalue weighted by Gasteiger charge is 2.15. The van der Waals surface area contributed by atoms with Gasteiger partial charge >= 0.3 is 5.97 Å². The van der Waals surface area contributed by atoms with Gasteiger partial charge in [0, 0.05) is 22.6 Å². The van der Waals surface area contributed by atoms with Gasteiger partial charge in [0.25, 0.3) is 0 Å². The average Bonchev–Trinajstić information content (AvgIpc) is 1.87. The minimum absolute atomic E-state index is 0.0650. The summed E-state index contributed by atoms with van der Waals surface area (Å²) in [5.41, 5.74) is 4.82. The third-order valence-corrected chi connectivity index (χ3v) is 1.66. The van der Waals surface area contributed by atoms with Gasteiger partial charge in [0.05, 0.1) is 0 Å². The van der Waals surface area contributed by atoms with Gasteiger partial charge in [-0.2, -0.15) is 0 Å². The van der Waals surface area contributed by atoms with Crippen LogP contribution in [0.3, 0.4) is 0 Å². The summed E-state index contributed by atoms with van der Waals surface area (Å²) in [5.74, 6) is -1.51. The SMILES string of the molecule is NC(=O)CC[C@H](NBr)C(=O)O. The Morgan fingerprint density at radius 1 is 1.64 bits per heavy atom. The molecule has 0 radical (unpaired) electrons. The standard InChI is InChI=1S/C5H9BrN2O3/c6-8-3(5(10)11)1-2-4(7)9/h3,8H,1-2H2,(H2,7,9)(H,10,11)/t3-/m0/s1. The van der Waals surface area contributed by atoms with E-state index in [1.54, 1.807) is 0 Å². The maximum Gasteiger partial charge on any atom is 0.321 e. The molecule has 0 rings (SSSR count). The number of halogens is 1. The molecule has 5 nitrogen and oxygen atoms in total. The molecule has 0 saturated carbocycles. The summed E-state index contributed by atoms with van der Waals surface area (Å²) in [6, 6.07) is -0.762. The molecular formula is C5H9BrN2O3. The van der Waals surface area contributed by atoms with Crippen LogP contribution in [0.4, 0.5) is 0 Å². The second kappa shape index (κ2) is 5.09. The number of carbonyl (C=O) groups is 2. The zero-order valence-electron chi connectivity index (χ0n) is 5.71. The first kappa shape index (κ1) is 10.4. The molecule has 0 bridgehead atoms. The molecule has 0 aliphatic rings. The summed E-state index contributed by atoms with van der Waals surface area (Å²) in [5, 5.41) is 8.44. The van der Waals surface area contributed by atoms with Gasteiger partial charge in [-0.25, -0.2) is 4.34 Å². The molecule has 0 saturated heterocycles. The van der Waals surface area contributed by atoms with Crippen molar-refractivity contribution in [3.63, 3.8) is 0 Å². The third kappa shape index (κ3) is 4.74. The molecular weight excluding hydrogens is 216 g/mol. The van der Waals surface area contributed by atoms with E-state index in [4.69, 9.17) is 10.8 Å². The van der Waals surface area contributed by atoms with Crippen molar-refractivity contribution < 1.29 is 14.7 Å². The van der Waals surface area contributed by atoms with Crippen molar-refractivity contribution in [1.82, 2.24) is 4.34 Å². The number of hydrogen-bond acceptors (Lipinski definition) is 3. The highest BCUT2D eigenvalue weighted by atomic mass is 79.9. The average molecular weight is 225 g/mol. The van der Waals surface area contributed by atoms with E-state index in [1.807, 2.05) is 0 Å². The van der Waals surface area contributed by atoms with Gasteiger partial charge < -0.3 is 10.8 Å². The summed E-state index contributed by atoms with van der Waals surface area (Å²) in [6.45, 7) is 0. The van der Waals surface area contributed by atoms with E-state index in [-0.39, 0.29) is 12.8 Å². The van der Waals surface area contributed by atoms with E-state index < -0.39 is 17.9 Å². The van der Waals surface area contributed by atoms with Gasteiger partial charge in [-0.05, 0) is 6.42 Å². The van der Waals surface area contributed by atoms with Crippen LogP contribution in [0.1, 0.15) is 12.8 Å². The van der Waals surface area contributed by atoms with E-state index in [2.05, 4.69) is 20.5 Å². The fourth-order valence-corrected chi connectivity index (χ4v) is 0.936. The van der Waals surface area contributed by atoms with Crippen molar-refractivity contribution >= 4 is 28.0 Å². The van der Waals surface area contributed by atoms with Gasteiger partial charge in [-0.15, -0.1) is 0 Å². The maximum absolute atomic E-state index is 10.3. The second-order valence-corrected chi connectivity index (χ2v) is 2.46. The molecule has 0 spiro atoms. The lowest BCUT2D eigenvalue weighted by molar-refractivity contribution is -0.139. The number of carboxylic acid groups (broad SMARTS) is 1. The number of primary amides is 1. The minimum Gasteiger partial charge on any atom is -0.480 e. The van der Waals surface area contributed by atoms with E-state index in [1.165, 1.54) is 0 Å². The molecule has 0 aliphatic heterocycles. The van der Waals surface area contributed by atoms with E-state index in [0.717, 1.165) is 0 Å². The molecule has 0 aliphatic carbocycles. The van der Waals surface area contributed by atoms with Crippen LogP contribution in [-0.4, -0.2) is 23.0 Å². The highest BCUT2D eigenvalue weighted by Crippen LogP contribution is 1.98. The van der Waals surface area contributed by atoms with Gasteiger partial charge in [-0.3, -0.25) is 9.59 Å². The lowest BCUT2D eigenvalue weighted by Crippen LogP contribution is -2.31. The van der Waals surface area contributed by atoms with Crippen molar-refractivity contribution in [2.24, 2.45) is 5.73 Å². The monoisotopic (exact) mass is 224 g/mol. The van der Waals surface area contributed by atoms with E-state index in [9.17, 15) is 9.59 Å². The summed E-state index contributed by atoms with van der Waals surface area (Å²) in [6.07, 6.45) is 0.255. The van der Waals surface area contributed by atoms with Gasteiger partial charge in [-0.1, -0.05) is 0 Å². The molecule has 1 atom stereocenters. The van der Waals surface area contributed by atoms with E-state index >= 15 is 0 Å². The Hall–Kier alpha value is -0.620. The summed E-state index contributed by atoms with van der Waals surface area (Å²) >= 11 is 2.78. The molecule has 64 valence electrons. The van der Waals surface area contributed by atoms with Crippen LogP contribution in [-0.2, 0) is 9.59 Å². The predicted molar refractivity (Wildman–Crippen MR) is 41.9 cm³/mol. The summed E-state index contributed by atoms with van der Waals surface area (Å²) in [4.78, 5) is 20.5. The van der Waals surface area contributed by atoms with Crippen molar-refractivity contribution in [3.05, 3.63) is 0 Å². The number of amides is 1. The van der Waals surface area contributed by atoms with Crippen molar-refractivity contribution in [3.8, 4) is 0 Å². The van der Waals surface area contributed by atoms with Crippen LogP contribution < -0.4 is 10.1 Å². The van der Waals surface area contributed by atoms with Crippen LogP contribution in [0.25, 0.3) is 0 Å². The van der Waals surface area contributed by atoms with Gasteiger partial charge in [0.2, 0.25) is 5.91 Å². The number of carboxylic acids is 1. The predicted octanol–water partition coefficient (Wildman–Crippen LogP) is -0.395. The quantitative estimate of drug-likeness (QED) is 0.555. The van der Waals surface area contributed by atoms with Crippen LogP contribution in [0.15, 0.2) is 0 Å². The molecule has 6 heteroatoms. The van der Waals surface area contributed by atoms with E-state index in [0.29, 0.717) is 0 Å². The van der Waals surface area contributed by atoms with Crippen LogP contribution in [0.5, 0.6) is 0 Å². The minimum atomic E-state index is -1.01. The first-order valence-electron chi connectivity index (χ1n) is 2.95. The van der Waals surface area contributed by atoms with Crippen LogP contribution >= 0.6 is 16.1 Å². The molecule has 0 fully saturated rings. The first-order chi connectivity index (χ1) is 5.07. The number of rotatable bonds is 5. The fraction of sp³-hybridized carbons (Fsp3) is 0.600. The molecule has 1 amide bonds. The molecule has 11 heavy (non-hydrogen) atoms. The first-order valence-corrected chi connectivity index (χ1v) is 3.74. The zero-order chi connectivity index (χ0) is 8.85. The number of nitrogens with two attached hydrogens (primary N) is 1.